The molecule has 0 aliphatic heterocycles. The summed E-state index contributed by atoms with van der Waals surface area (Å²) < 4.78 is 0. The molecule has 3 nitrogen and oxygen atoms in total. The van der Waals surface area contributed by atoms with Crippen LogP contribution in [0, 0.1) is 19.8 Å². The molecule has 2 rings (SSSR count). The first-order valence-corrected chi connectivity index (χ1v) is 6.79. The van der Waals surface area contributed by atoms with Crippen molar-refractivity contribution in [2.24, 2.45) is 11.7 Å². The molecule has 0 aromatic heterocycles. The molecule has 0 spiro atoms. The van der Waals surface area contributed by atoms with E-state index in [1.807, 2.05) is 19.1 Å². The molecule has 3 N–H and O–H groups in total. The minimum Gasteiger partial charge on any atom is -0.349 e. The molecular weight excluding hydrogens is 236 g/mol. The molecule has 3 heteroatoms. The SMILES string of the molecule is Cc1ccc(C)c(C(C)NC(=O)C2C=CC(N)C2)c1. The monoisotopic (exact) mass is 258 g/mol. The van der Waals surface area contributed by atoms with Crippen LogP contribution in [0.4, 0.5) is 0 Å². The average molecular weight is 258 g/mol. The molecule has 1 aliphatic carbocycles. The summed E-state index contributed by atoms with van der Waals surface area (Å²) in [5.74, 6) is -0.0137. The number of aryl methyl sites for hydroxylation is 2. The van der Waals surface area contributed by atoms with Gasteiger partial charge in [0.05, 0.1) is 12.0 Å². The number of benzene rings is 1. The van der Waals surface area contributed by atoms with E-state index in [0.717, 1.165) is 0 Å². The summed E-state index contributed by atoms with van der Waals surface area (Å²) in [5.41, 5.74) is 9.38. The molecule has 0 bridgehead atoms. The number of nitrogens with two attached hydrogens (primary N) is 1. The quantitative estimate of drug-likeness (QED) is 0.818. The lowest BCUT2D eigenvalue weighted by Gasteiger charge is -2.19. The minimum absolute atomic E-state index is 0.0201. The van der Waals surface area contributed by atoms with Crippen LogP contribution in [0.2, 0.25) is 0 Å². The minimum atomic E-state index is -0.0810. The highest BCUT2D eigenvalue weighted by molar-refractivity contribution is 5.81. The summed E-state index contributed by atoms with van der Waals surface area (Å²) in [4.78, 5) is 12.2. The Kier molecular flexibility index (Phi) is 4.05. The Hall–Kier alpha value is -1.61. The summed E-state index contributed by atoms with van der Waals surface area (Å²) in [5, 5.41) is 3.08. The lowest BCUT2D eigenvalue weighted by atomic mass is 9.99. The smallest absolute Gasteiger partial charge is 0.227 e. The standard InChI is InChI=1S/C16H22N2O/c1-10-4-5-11(2)15(8-10)12(3)18-16(19)13-6-7-14(17)9-13/h4-8,12-14H,9,17H2,1-3H3,(H,18,19). The van der Waals surface area contributed by atoms with Gasteiger partial charge in [-0.05, 0) is 38.3 Å². The Morgan fingerprint density at radius 2 is 2.11 bits per heavy atom. The first kappa shape index (κ1) is 13.8. The van der Waals surface area contributed by atoms with Crippen molar-refractivity contribution >= 4 is 5.91 Å². The summed E-state index contributed by atoms with van der Waals surface area (Å²) in [6.45, 7) is 6.16. The number of hydrogen-bond acceptors (Lipinski definition) is 2. The Labute approximate surface area is 114 Å². The zero-order valence-corrected chi connectivity index (χ0v) is 11.8. The molecule has 3 unspecified atom stereocenters. The van der Waals surface area contributed by atoms with Crippen LogP contribution < -0.4 is 11.1 Å². The van der Waals surface area contributed by atoms with Gasteiger partial charge in [0.25, 0.3) is 0 Å². The highest BCUT2D eigenvalue weighted by atomic mass is 16.1. The topological polar surface area (TPSA) is 55.1 Å². The van der Waals surface area contributed by atoms with E-state index in [1.165, 1.54) is 16.7 Å². The maximum absolute atomic E-state index is 12.2. The van der Waals surface area contributed by atoms with Crippen molar-refractivity contribution in [2.75, 3.05) is 0 Å². The van der Waals surface area contributed by atoms with Gasteiger partial charge in [0.15, 0.2) is 0 Å². The molecule has 1 amide bonds. The molecule has 0 saturated heterocycles. The van der Waals surface area contributed by atoms with Crippen molar-refractivity contribution in [3.8, 4) is 0 Å². The fourth-order valence-electron chi connectivity index (χ4n) is 2.55. The van der Waals surface area contributed by atoms with E-state index in [9.17, 15) is 4.79 Å². The van der Waals surface area contributed by atoms with E-state index in [1.54, 1.807) is 0 Å². The Morgan fingerprint density at radius 1 is 1.37 bits per heavy atom. The number of amides is 1. The Morgan fingerprint density at radius 3 is 2.74 bits per heavy atom. The van der Waals surface area contributed by atoms with Crippen LogP contribution >= 0.6 is 0 Å². The second kappa shape index (κ2) is 5.57. The number of carbonyl (C=O) groups excluding carboxylic acids is 1. The molecule has 102 valence electrons. The Bertz CT molecular complexity index is 507. The van der Waals surface area contributed by atoms with E-state index in [-0.39, 0.29) is 23.9 Å². The first-order chi connectivity index (χ1) is 8.97. The summed E-state index contributed by atoms with van der Waals surface area (Å²) in [6.07, 6.45) is 4.54. The van der Waals surface area contributed by atoms with E-state index in [4.69, 9.17) is 5.73 Å². The lowest BCUT2D eigenvalue weighted by molar-refractivity contribution is -0.124. The normalized spacial score (nSPS) is 23.4. The number of rotatable bonds is 3. The molecule has 0 saturated carbocycles. The highest BCUT2D eigenvalue weighted by Gasteiger charge is 2.24. The van der Waals surface area contributed by atoms with E-state index in [2.05, 4.69) is 37.4 Å². The van der Waals surface area contributed by atoms with Gasteiger partial charge < -0.3 is 11.1 Å². The van der Waals surface area contributed by atoms with Crippen molar-refractivity contribution in [3.63, 3.8) is 0 Å². The molecule has 1 aromatic carbocycles. The zero-order valence-electron chi connectivity index (χ0n) is 11.8. The van der Waals surface area contributed by atoms with Crippen LogP contribution in [-0.2, 0) is 4.79 Å². The van der Waals surface area contributed by atoms with Crippen LogP contribution in [0.3, 0.4) is 0 Å². The van der Waals surface area contributed by atoms with Crippen LogP contribution in [0.5, 0.6) is 0 Å². The predicted molar refractivity (Wildman–Crippen MR) is 77.7 cm³/mol. The summed E-state index contributed by atoms with van der Waals surface area (Å²) in [7, 11) is 0. The molecule has 19 heavy (non-hydrogen) atoms. The second-order valence-corrected chi connectivity index (χ2v) is 5.48. The van der Waals surface area contributed by atoms with Gasteiger partial charge in [-0.25, -0.2) is 0 Å². The third-order valence-corrected chi connectivity index (χ3v) is 3.71. The van der Waals surface area contributed by atoms with Gasteiger partial charge >= 0.3 is 0 Å². The number of carbonyl (C=O) groups is 1. The van der Waals surface area contributed by atoms with Gasteiger partial charge in [0.2, 0.25) is 5.91 Å². The molecular formula is C16H22N2O. The molecule has 0 radical (unpaired) electrons. The molecule has 0 heterocycles. The van der Waals surface area contributed by atoms with Crippen LogP contribution in [0.1, 0.15) is 36.1 Å². The van der Waals surface area contributed by atoms with Crippen molar-refractivity contribution in [2.45, 2.75) is 39.3 Å². The lowest BCUT2D eigenvalue weighted by Crippen LogP contribution is -2.33. The van der Waals surface area contributed by atoms with Gasteiger partial charge in [-0.2, -0.15) is 0 Å². The maximum Gasteiger partial charge on any atom is 0.227 e. The largest absolute Gasteiger partial charge is 0.349 e. The third-order valence-electron chi connectivity index (χ3n) is 3.71. The van der Waals surface area contributed by atoms with E-state index in [0.29, 0.717) is 6.42 Å². The van der Waals surface area contributed by atoms with Gasteiger partial charge in [0.1, 0.15) is 0 Å². The number of nitrogens with one attached hydrogen (secondary N) is 1. The van der Waals surface area contributed by atoms with Gasteiger partial charge in [-0.3, -0.25) is 4.79 Å². The fraction of sp³-hybridized carbons (Fsp3) is 0.438. The van der Waals surface area contributed by atoms with Gasteiger partial charge in [-0.15, -0.1) is 0 Å². The van der Waals surface area contributed by atoms with Gasteiger partial charge in [0, 0.05) is 6.04 Å². The maximum atomic E-state index is 12.2. The van der Waals surface area contributed by atoms with Crippen LogP contribution in [0.15, 0.2) is 30.4 Å². The van der Waals surface area contributed by atoms with Crippen molar-refractivity contribution in [3.05, 3.63) is 47.0 Å². The summed E-state index contributed by atoms with van der Waals surface area (Å²) >= 11 is 0. The fourth-order valence-corrected chi connectivity index (χ4v) is 2.55. The first-order valence-electron chi connectivity index (χ1n) is 6.79. The van der Waals surface area contributed by atoms with E-state index < -0.39 is 0 Å². The predicted octanol–water partition coefficient (Wildman–Crippen LogP) is 2.38. The average Bonchev–Trinajstić information content (AvgIpc) is 2.79. The second-order valence-electron chi connectivity index (χ2n) is 5.48. The molecule has 1 aromatic rings. The molecule has 1 aliphatic rings. The van der Waals surface area contributed by atoms with Crippen molar-refractivity contribution in [1.82, 2.24) is 5.32 Å². The third kappa shape index (κ3) is 3.24. The summed E-state index contributed by atoms with van der Waals surface area (Å²) in [6, 6.07) is 6.37. The molecule has 3 atom stereocenters. The number of hydrogen-bond donors (Lipinski definition) is 2. The van der Waals surface area contributed by atoms with Crippen LogP contribution in [-0.4, -0.2) is 11.9 Å². The van der Waals surface area contributed by atoms with Gasteiger partial charge in [-0.1, -0.05) is 35.9 Å². The van der Waals surface area contributed by atoms with Crippen molar-refractivity contribution < 1.29 is 4.79 Å². The Balaban J connectivity index is 2.04. The van der Waals surface area contributed by atoms with Crippen molar-refractivity contribution in [1.29, 1.82) is 0 Å². The van der Waals surface area contributed by atoms with Crippen LogP contribution in [0.25, 0.3) is 0 Å². The highest BCUT2D eigenvalue weighted by Crippen LogP contribution is 2.21. The molecule has 0 fully saturated rings. The van der Waals surface area contributed by atoms with E-state index >= 15 is 0 Å². The zero-order chi connectivity index (χ0) is 14.0.